The van der Waals surface area contributed by atoms with Crippen LogP contribution in [0.5, 0.6) is 0 Å². The maximum absolute atomic E-state index is 12.3. The van der Waals surface area contributed by atoms with Crippen molar-refractivity contribution < 1.29 is 9.90 Å². The molecule has 0 aliphatic heterocycles. The van der Waals surface area contributed by atoms with Gasteiger partial charge in [0, 0.05) is 25.7 Å². The van der Waals surface area contributed by atoms with Crippen LogP contribution in [0.2, 0.25) is 0 Å². The molecule has 0 radical (unpaired) electrons. The summed E-state index contributed by atoms with van der Waals surface area (Å²) in [5, 5.41) is 9.12. The molecule has 4 heteroatoms. The summed E-state index contributed by atoms with van der Waals surface area (Å²) in [6.45, 7) is 8.25. The first-order chi connectivity index (χ1) is 8.15. The molecule has 0 aromatic rings. The van der Waals surface area contributed by atoms with Crippen molar-refractivity contribution >= 4 is 5.91 Å². The fourth-order valence-electron chi connectivity index (χ4n) is 2.47. The Hall–Kier alpha value is -0.610. The second-order valence-electron chi connectivity index (χ2n) is 4.73. The second kappa shape index (κ2) is 6.97. The molecule has 0 saturated heterocycles. The highest BCUT2D eigenvalue weighted by Crippen LogP contribution is 2.26. The molecule has 1 N–H and O–H groups in total. The SMILES string of the molecule is CCN(CC)C(=O)C(C)N(CCO)C1CCC1. The lowest BCUT2D eigenvalue weighted by Gasteiger charge is -2.41. The van der Waals surface area contributed by atoms with Crippen molar-refractivity contribution in [2.24, 2.45) is 0 Å². The van der Waals surface area contributed by atoms with Crippen molar-refractivity contribution in [2.75, 3.05) is 26.2 Å². The number of rotatable bonds is 7. The minimum atomic E-state index is -0.104. The van der Waals surface area contributed by atoms with Crippen LogP contribution in [-0.2, 0) is 4.79 Å². The van der Waals surface area contributed by atoms with Gasteiger partial charge in [0.15, 0.2) is 0 Å². The van der Waals surface area contributed by atoms with Crippen molar-refractivity contribution in [1.29, 1.82) is 0 Å². The van der Waals surface area contributed by atoms with Crippen LogP contribution >= 0.6 is 0 Å². The molecule has 1 unspecified atom stereocenters. The van der Waals surface area contributed by atoms with Crippen LogP contribution in [0, 0.1) is 0 Å². The fraction of sp³-hybridized carbons (Fsp3) is 0.923. The van der Waals surface area contributed by atoms with E-state index < -0.39 is 0 Å². The monoisotopic (exact) mass is 242 g/mol. The van der Waals surface area contributed by atoms with Crippen LogP contribution in [0.3, 0.4) is 0 Å². The van der Waals surface area contributed by atoms with E-state index in [1.54, 1.807) is 0 Å². The number of aliphatic hydroxyl groups is 1. The van der Waals surface area contributed by atoms with Crippen LogP contribution < -0.4 is 0 Å². The van der Waals surface area contributed by atoms with E-state index in [4.69, 9.17) is 5.11 Å². The van der Waals surface area contributed by atoms with E-state index >= 15 is 0 Å². The summed E-state index contributed by atoms with van der Waals surface area (Å²) in [4.78, 5) is 16.3. The summed E-state index contributed by atoms with van der Waals surface area (Å²) >= 11 is 0. The van der Waals surface area contributed by atoms with E-state index in [0.717, 1.165) is 25.9 Å². The Morgan fingerprint density at radius 1 is 1.35 bits per heavy atom. The van der Waals surface area contributed by atoms with Crippen molar-refractivity contribution in [3.63, 3.8) is 0 Å². The third-order valence-corrected chi connectivity index (χ3v) is 3.83. The van der Waals surface area contributed by atoms with Crippen LogP contribution in [0.1, 0.15) is 40.0 Å². The number of carbonyl (C=O) groups excluding carboxylic acids is 1. The lowest BCUT2D eigenvalue weighted by atomic mass is 9.90. The molecule has 1 aliphatic carbocycles. The van der Waals surface area contributed by atoms with Gasteiger partial charge in [0.1, 0.15) is 0 Å². The predicted octanol–water partition coefficient (Wildman–Crippen LogP) is 1.09. The molecule has 17 heavy (non-hydrogen) atoms. The van der Waals surface area contributed by atoms with Gasteiger partial charge in [-0.2, -0.15) is 0 Å². The maximum Gasteiger partial charge on any atom is 0.239 e. The lowest BCUT2D eigenvalue weighted by molar-refractivity contribution is -0.138. The summed E-state index contributed by atoms with van der Waals surface area (Å²) < 4.78 is 0. The minimum Gasteiger partial charge on any atom is -0.395 e. The largest absolute Gasteiger partial charge is 0.395 e. The molecule has 100 valence electrons. The van der Waals surface area contributed by atoms with Gasteiger partial charge in [-0.05, 0) is 33.6 Å². The van der Waals surface area contributed by atoms with Crippen LogP contribution in [0.4, 0.5) is 0 Å². The van der Waals surface area contributed by atoms with E-state index in [2.05, 4.69) is 4.90 Å². The molecule has 4 nitrogen and oxygen atoms in total. The summed E-state index contributed by atoms with van der Waals surface area (Å²) in [7, 11) is 0. The molecule has 0 aromatic heterocycles. The minimum absolute atomic E-state index is 0.104. The van der Waals surface area contributed by atoms with E-state index in [1.165, 1.54) is 6.42 Å². The van der Waals surface area contributed by atoms with Crippen molar-refractivity contribution in [2.45, 2.75) is 52.1 Å². The molecular formula is C13H26N2O2. The van der Waals surface area contributed by atoms with Crippen LogP contribution in [0.25, 0.3) is 0 Å². The smallest absolute Gasteiger partial charge is 0.239 e. The first-order valence-corrected chi connectivity index (χ1v) is 6.81. The topological polar surface area (TPSA) is 43.8 Å². The molecule has 1 aliphatic rings. The molecule has 1 rings (SSSR count). The normalized spacial score (nSPS) is 17.9. The number of nitrogens with zero attached hydrogens (tertiary/aromatic N) is 2. The van der Waals surface area contributed by atoms with E-state index in [1.807, 2.05) is 25.7 Å². The number of hydrogen-bond acceptors (Lipinski definition) is 3. The van der Waals surface area contributed by atoms with Gasteiger partial charge in [0.25, 0.3) is 0 Å². The highest BCUT2D eigenvalue weighted by molar-refractivity contribution is 5.81. The Kier molecular flexibility index (Phi) is 5.92. The highest BCUT2D eigenvalue weighted by atomic mass is 16.3. The van der Waals surface area contributed by atoms with Crippen molar-refractivity contribution in [3.8, 4) is 0 Å². The summed E-state index contributed by atoms with van der Waals surface area (Å²) in [5.74, 6) is 0.190. The zero-order valence-corrected chi connectivity index (χ0v) is 11.4. The number of carbonyl (C=O) groups is 1. The first kappa shape index (κ1) is 14.5. The molecule has 1 atom stereocenters. The van der Waals surface area contributed by atoms with E-state index in [9.17, 15) is 4.79 Å². The Labute approximate surface area is 105 Å². The highest BCUT2D eigenvalue weighted by Gasteiger charge is 2.32. The molecule has 1 amide bonds. The molecular weight excluding hydrogens is 216 g/mol. The number of hydrogen-bond donors (Lipinski definition) is 1. The Morgan fingerprint density at radius 2 is 1.94 bits per heavy atom. The molecule has 0 bridgehead atoms. The van der Waals surface area contributed by atoms with Gasteiger partial charge < -0.3 is 10.0 Å². The van der Waals surface area contributed by atoms with Crippen molar-refractivity contribution in [1.82, 2.24) is 9.80 Å². The average Bonchev–Trinajstić information content (AvgIpc) is 2.26. The number of likely N-dealkylation sites (N-methyl/N-ethyl adjacent to an activating group) is 1. The summed E-state index contributed by atoms with van der Waals surface area (Å²) in [6, 6.07) is 0.393. The van der Waals surface area contributed by atoms with E-state index in [-0.39, 0.29) is 18.6 Å². The van der Waals surface area contributed by atoms with Gasteiger partial charge in [0.05, 0.1) is 12.6 Å². The van der Waals surface area contributed by atoms with Gasteiger partial charge in [-0.15, -0.1) is 0 Å². The number of amides is 1. The van der Waals surface area contributed by atoms with Gasteiger partial charge in [0.2, 0.25) is 5.91 Å². The van der Waals surface area contributed by atoms with Crippen molar-refractivity contribution in [3.05, 3.63) is 0 Å². The van der Waals surface area contributed by atoms with E-state index in [0.29, 0.717) is 12.6 Å². The van der Waals surface area contributed by atoms with Gasteiger partial charge >= 0.3 is 0 Å². The molecule has 0 heterocycles. The third-order valence-electron chi connectivity index (χ3n) is 3.83. The third kappa shape index (κ3) is 3.42. The second-order valence-corrected chi connectivity index (χ2v) is 4.73. The lowest BCUT2D eigenvalue weighted by Crippen LogP contribution is -2.53. The average molecular weight is 242 g/mol. The summed E-state index contributed by atoms with van der Waals surface area (Å²) in [6.07, 6.45) is 3.57. The maximum atomic E-state index is 12.3. The molecule has 0 spiro atoms. The van der Waals surface area contributed by atoms with Crippen LogP contribution in [-0.4, -0.2) is 59.1 Å². The Bertz CT molecular complexity index is 238. The zero-order chi connectivity index (χ0) is 12.8. The fourth-order valence-corrected chi connectivity index (χ4v) is 2.47. The summed E-state index contributed by atoms with van der Waals surface area (Å²) in [5.41, 5.74) is 0. The number of aliphatic hydroxyl groups excluding tert-OH is 1. The van der Waals surface area contributed by atoms with Gasteiger partial charge in [-0.25, -0.2) is 0 Å². The molecule has 1 saturated carbocycles. The molecule has 0 aromatic carbocycles. The predicted molar refractivity (Wildman–Crippen MR) is 68.8 cm³/mol. The van der Waals surface area contributed by atoms with Gasteiger partial charge in [-0.1, -0.05) is 6.42 Å². The first-order valence-electron chi connectivity index (χ1n) is 6.81. The standard InChI is InChI=1S/C13H26N2O2/c1-4-14(5-2)13(17)11(3)15(9-10-16)12-7-6-8-12/h11-12,16H,4-10H2,1-3H3. The van der Waals surface area contributed by atoms with Crippen LogP contribution in [0.15, 0.2) is 0 Å². The quantitative estimate of drug-likeness (QED) is 0.727. The molecule has 1 fully saturated rings. The zero-order valence-electron chi connectivity index (χ0n) is 11.4. The Morgan fingerprint density at radius 3 is 2.29 bits per heavy atom. The van der Waals surface area contributed by atoms with Gasteiger partial charge in [-0.3, -0.25) is 9.69 Å². The Balaban J connectivity index is 2.62.